The molecule has 0 bridgehead atoms. The van der Waals surface area contributed by atoms with Crippen molar-refractivity contribution in [1.82, 2.24) is 10.0 Å². The fourth-order valence-electron chi connectivity index (χ4n) is 2.01. The zero-order valence-corrected chi connectivity index (χ0v) is 7.00. The van der Waals surface area contributed by atoms with Gasteiger partial charge in [-0.2, -0.15) is 5.12 Å². The smallest absolute Gasteiger partial charge is 0.264 e. The summed E-state index contributed by atoms with van der Waals surface area (Å²) in [6, 6.07) is 0.279. The molecule has 4 heteroatoms. The highest BCUT2D eigenvalue weighted by Crippen LogP contribution is 2.21. The third-order valence-corrected chi connectivity index (χ3v) is 2.73. The Labute approximate surface area is 71.1 Å². The van der Waals surface area contributed by atoms with Crippen molar-refractivity contribution in [2.24, 2.45) is 0 Å². The van der Waals surface area contributed by atoms with Crippen LogP contribution in [0.2, 0.25) is 0 Å². The van der Waals surface area contributed by atoms with Crippen LogP contribution in [0.3, 0.4) is 0 Å². The van der Waals surface area contributed by atoms with Gasteiger partial charge in [-0.15, -0.1) is 0 Å². The molecule has 0 N–H and O–H groups in total. The maximum absolute atomic E-state index is 12.8. The van der Waals surface area contributed by atoms with Gasteiger partial charge in [0.25, 0.3) is 5.91 Å². The van der Waals surface area contributed by atoms with Crippen molar-refractivity contribution in [3.63, 3.8) is 0 Å². The highest BCUT2D eigenvalue weighted by atomic mass is 19.2. The van der Waals surface area contributed by atoms with E-state index in [9.17, 15) is 9.28 Å². The number of carbonyl (C=O) groups is 1. The molecule has 2 rings (SSSR count). The van der Waals surface area contributed by atoms with Gasteiger partial charge in [-0.05, 0) is 19.4 Å². The van der Waals surface area contributed by atoms with Crippen molar-refractivity contribution in [2.75, 3.05) is 19.6 Å². The lowest BCUT2D eigenvalue weighted by Gasteiger charge is -2.40. The molecule has 2 aliphatic heterocycles. The Kier molecular flexibility index (Phi) is 2.00. The van der Waals surface area contributed by atoms with E-state index in [-0.39, 0.29) is 25.0 Å². The largest absolute Gasteiger partial charge is 0.290 e. The molecule has 68 valence electrons. The van der Waals surface area contributed by atoms with E-state index in [0.717, 1.165) is 19.4 Å². The number of amides is 1. The summed E-state index contributed by atoms with van der Waals surface area (Å²) in [6.45, 7) is 1.52. The third-order valence-electron chi connectivity index (χ3n) is 2.73. The van der Waals surface area contributed by atoms with Gasteiger partial charge in [-0.25, -0.2) is 0 Å². The summed E-state index contributed by atoms with van der Waals surface area (Å²) in [4.78, 5) is 13.1. The van der Waals surface area contributed by atoms with Gasteiger partial charge in [0.15, 0.2) is 0 Å². The molecule has 1 unspecified atom stereocenters. The molecule has 12 heavy (non-hydrogen) atoms. The lowest BCUT2D eigenvalue weighted by molar-refractivity contribution is -0.158. The molecule has 2 fully saturated rings. The Morgan fingerprint density at radius 1 is 1.42 bits per heavy atom. The monoisotopic (exact) mass is 172 g/mol. The summed E-state index contributed by atoms with van der Waals surface area (Å²) in [7, 11) is 0. The first-order valence-electron chi connectivity index (χ1n) is 4.47. The van der Waals surface area contributed by atoms with Gasteiger partial charge in [0.1, 0.15) is 0 Å². The zero-order valence-electron chi connectivity index (χ0n) is 7.00. The van der Waals surface area contributed by atoms with Gasteiger partial charge in [-0.1, -0.05) is 10.9 Å². The summed E-state index contributed by atoms with van der Waals surface area (Å²) >= 11 is 0. The number of piperazine rings is 1. The van der Waals surface area contributed by atoms with Crippen LogP contribution in [0.1, 0.15) is 19.3 Å². The molecule has 0 aromatic rings. The summed E-state index contributed by atoms with van der Waals surface area (Å²) in [6.07, 6.45) is 3.35. The number of halogens is 1. The van der Waals surface area contributed by atoms with Crippen molar-refractivity contribution in [1.29, 1.82) is 0 Å². The molecule has 1 atom stereocenters. The minimum absolute atomic E-state index is 0.277. The van der Waals surface area contributed by atoms with Crippen LogP contribution in [0, 0.1) is 0 Å². The van der Waals surface area contributed by atoms with Crippen molar-refractivity contribution in [3.8, 4) is 0 Å². The second-order valence-electron chi connectivity index (χ2n) is 3.56. The molecule has 1 amide bonds. The summed E-state index contributed by atoms with van der Waals surface area (Å²) in [5, 5.41) is 0.368. The van der Waals surface area contributed by atoms with Gasteiger partial charge >= 0.3 is 0 Å². The molecule has 0 aliphatic carbocycles. The van der Waals surface area contributed by atoms with Crippen LogP contribution >= 0.6 is 0 Å². The van der Waals surface area contributed by atoms with Crippen molar-refractivity contribution >= 4 is 5.91 Å². The van der Waals surface area contributed by atoms with Gasteiger partial charge in [0.05, 0.1) is 13.1 Å². The lowest BCUT2D eigenvalue weighted by atomic mass is 10.0. The second-order valence-corrected chi connectivity index (χ2v) is 3.56. The predicted octanol–water partition coefficient (Wildman–Crippen LogP) is 0.568. The number of nitrogens with zero attached hydrogens (tertiary/aromatic N) is 2. The van der Waals surface area contributed by atoms with Crippen LogP contribution in [0.4, 0.5) is 4.48 Å². The normalized spacial score (nSPS) is 31.9. The maximum Gasteiger partial charge on any atom is 0.264 e. The Balaban J connectivity index is 2.02. The van der Waals surface area contributed by atoms with Gasteiger partial charge in [-0.3, -0.25) is 9.69 Å². The fraction of sp³-hybridized carbons (Fsp3) is 0.875. The maximum atomic E-state index is 12.8. The van der Waals surface area contributed by atoms with E-state index in [1.807, 2.05) is 0 Å². The number of fused-ring (bicyclic) bond motifs is 1. The Morgan fingerprint density at radius 2 is 2.25 bits per heavy atom. The Morgan fingerprint density at radius 3 is 3.08 bits per heavy atom. The average molecular weight is 172 g/mol. The number of piperidine rings is 1. The van der Waals surface area contributed by atoms with Gasteiger partial charge in [0.2, 0.25) is 0 Å². The van der Waals surface area contributed by atoms with E-state index in [2.05, 4.69) is 4.90 Å². The molecule has 0 aromatic carbocycles. The van der Waals surface area contributed by atoms with Crippen LogP contribution in [0.5, 0.6) is 0 Å². The Bertz CT molecular complexity index is 197. The molecule has 2 heterocycles. The van der Waals surface area contributed by atoms with E-state index in [4.69, 9.17) is 0 Å². The summed E-state index contributed by atoms with van der Waals surface area (Å²) in [5.74, 6) is -0.381. The molecule has 0 saturated carbocycles. The minimum Gasteiger partial charge on any atom is -0.290 e. The zero-order chi connectivity index (χ0) is 8.55. The van der Waals surface area contributed by atoms with Gasteiger partial charge in [0, 0.05) is 6.04 Å². The van der Waals surface area contributed by atoms with E-state index in [1.165, 1.54) is 6.42 Å². The first kappa shape index (κ1) is 7.98. The number of hydrogen-bond donors (Lipinski definition) is 0. The molecular weight excluding hydrogens is 159 g/mol. The highest BCUT2D eigenvalue weighted by molar-refractivity contribution is 5.78. The van der Waals surface area contributed by atoms with E-state index in [0.29, 0.717) is 5.12 Å². The van der Waals surface area contributed by atoms with Crippen LogP contribution in [-0.2, 0) is 4.79 Å². The lowest BCUT2D eigenvalue weighted by Crippen LogP contribution is -2.55. The fourth-order valence-corrected chi connectivity index (χ4v) is 2.01. The third kappa shape index (κ3) is 1.31. The van der Waals surface area contributed by atoms with Crippen LogP contribution in [0.25, 0.3) is 0 Å². The summed E-state index contributed by atoms with van der Waals surface area (Å²) < 4.78 is 12.8. The van der Waals surface area contributed by atoms with Crippen LogP contribution in [-0.4, -0.2) is 41.6 Å². The van der Waals surface area contributed by atoms with E-state index >= 15 is 0 Å². The van der Waals surface area contributed by atoms with E-state index < -0.39 is 0 Å². The van der Waals surface area contributed by atoms with Gasteiger partial charge < -0.3 is 0 Å². The first-order valence-corrected chi connectivity index (χ1v) is 4.47. The molecular formula is C8H13FN2O. The van der Waals surface area contributed by atoms with Crippen molar-refractivity contribution < 1.29 is 9.28 Å². The quantitative estimate of drug-likeness (QED) is 0.499. The highest BCUT2D eigenvalue weighted by Gasteiger charge is 2.33. The molecule has 2 aliphatic rings. The molecule has 3 nitrogen and oxygen atoms in total. The number of rotatable bonds is 0. The van der Waals surface area contributed by atoms with E-state index in [1.54, 1.807) is 0 Å². The van der Waals surface area contributed by atoms with Crippen molar-refractivity contribution in [3.05, 3.63) is 0 Å². The molecule has 0 aromatic heterocycles. The minimum atomic E-state index is -0.381. The SMILES string of the molecule is O=C1CN2CCCCC2CN1F. The molecule has 0 radical (unpaired) electrons. The Hall–Kier alpha value is -0.640. The standard InChI is InChI=1S/C8H13FN2O/c9-11-5-7-3-1-2-4-10(7)6-8(11)12/h7H,1-6H2. The number of hydrogen-bond acceptors (Lipinski definition) is 2. The van der Waals surface area contributed by atoms with Crippen LogP contribution < -0.4 is 0 Å². The average Bonchev–Trinajstić information content (AvgIpc) is 2.07. The molecule has 0 spiro atoms. The second kappa shape index (κ2) is 3.01. The predicted molar refractivity (Wildman–Crippen MR) is 42.0 cm³/mol. The van der Waals surface area contributed by atoms with Crippen LogP contribution in [0.15, 0.2) is 0 Å². The summed E-state index contributed by atoms with van der Waals surface area (Å²) in [5.41, 5.74) is 0. The molecule has 2 saturated heterocycles. The van der Waals surface area contributed by atoms with Crippen molar-refractivity contribution in [2.45, 2.75) is 25.3 Å². The topological polar surface area (TPSA) is 23.6 Å². The number of carbonyl (C=O) groups excluding carboxylic acids is 1. The first-order chi connectivity index (χ1) is 5.77.